The molecule has 0 aromatic carbocycles. The van der Waals surface area contributed by atoms with Gasteiger partial charge in [-0.2, -0.15) is 4.57 Å². The first-order valence-electron chi connectivity index (χ1n) is 4.54. The molecule has 1 heterocycles. The minimum Gasteiger partial charge on any atom is -1.00 e. The zero-order valence-corrected chi connectivity index (χ0v) is 9.47. The summed E-state index contributed by atoms with van der Waals surface area (Å²) < 4.78 is 7.16. The summed E-state index contributed by atoms with van der Waals surface area (Å²) in [5.74, 6) is 2.50. The number of pyridine rings is 1. The highest BCUT2D eigenvalue weighted by Crippen LogP contribution is 1.90. The average Bonchev–Trinajstić information content (AvgIpc) is 2.27. The fraction of sp³-hybridized carbons (Fsp3) is 0.273. The van der Waals surface area contributed by atoms with Crippen molar-refractivity contribution in [3.63, 3.8) is 0 Å². The zero-order valence-electron chi connectivity index (χ0n) is 8.71. The van der Waals surface area contributed by atoms with Gasteiger partial charge in [-0.1, -0.05) is 5.16 Å². The molecular weight excluding hydrogens is 228 g/mol. The van der Waals surface area contributed by atoms with Gasteiger partial charge in [0, 0.05) is 24.1 Å². The number of hydrogen-bond acceptors (Lipinski definition) is 3. The number of nitrogens with zero attached hydrogens (tertiary/aromatic N) is 2. The molecule has 0 aliphatic heterocycles. The van der Waals surface area contributed by atoms with E-state index in [1.165, 1.54) is 6.21 Å². The van der Waals surface area contributed by atoms with Crippen LogP contribution in [0.25, 0.3) is 0 Å². The Balaban J connectivity index is 0.00000225. The Morgan fingerprint density at radius 3 is 2.75 bits per heavy atom. The summed E-state index contributed by atoms with van der Waals surface area (Å²) in [6.07, 6.45) is 10.8. The van der Waals surface area contributed by atoms with Crippen molar-refractivity contribution in [2.24, 2.45) is 5.16 Å². The summed E-state index contributed by atoms with van der Waals surface area (Å²) in [5, 5.41) is 11.2. The van der Waals surface area contributed by atoms with E-state index in [9.17, 15) is 0 Å². The molecule has 0 aliphatic carbocycles. The lowest BCUT2D eigenvalue weighted by Gasteiger charge is -1.97. The first-order chi connectivity index (χ1) is 7.36. The van der Waals surface area contributed by atoms with Crippen LogP contribution >= 0.6 is 0 Å². The maximum Gasteiger partial charge on any atom is 0.252 e. The maximum absolute atomic E-state index is 8.31. The van der Waals surface area contributed by atoms with E-state index >= 15 is 0 Å². The number of rotatable bonds is 5. The van der Waals surface area contributed by atoms with Crippen molar-refractivity contribution in [2.75, 3.05) is 6.61 Å². The summed E-state index contributed by atoms with van der Waals surface area (Å²) in [7, 11) is 0. The number of halogens is 1. The van der Waals surface area contributed by atoms with Gasteiger partial charge in [-0.25, -0.2) is 0 Å². The normalized spacial score (nSPS) is 9.69. The molecule has 1 rings (SSSR count). The highest BCUT2D eigenvalue weighted by Gasteiger charge is 1.98. The molecule has 0 unspecified atom stereocenters. The Morgan fingerprint density at radius 1 is 1.50 bits per heavy atom. The molecular formula is C11H13ClN2O2. The second-order valence-electron chi connectivity index (χ2n) is 2.88. The van der Waals surface area contributed by atoms with Crippen molar-refractivity contribution in [3.8, 4) is 12.3 Å². The highest BCUT2D eigenvalue weighted by molar-refractivity contribution is 5.78. The monoisotopic (exact) mass is 240 g/mol. The molecule has 0 atom stereocenters. The summed E-state index contributed by atoms with van der Waals surface area (Å²) in [6.45, 7) is 1.03. The number of aromatic nitrogens is 1. The van der Waals surface area contributed by atoms with Gasteiger partial charge in [0.2, 0.25) is 0 Å². The third-order valence-electron chi connectivity index (χ3n) is 1.75. The molecule has 0 radical (unpaired) electrons. The Morgan fingerprint density at radius 2 is 2.19 bits per heavy atom. The molecule has 0 saturated carbocycles. The summed E-state index contributed by atoms with van der Waals surface area (Å²) in [4.78, 5) is 0. The van der Waals surface area contributed by atoms with E-state index in [0.717, 1.165) is 5.56 Å². The van der Waals surface area contributed by atoms with Crippen molar-refractivity contribution >= 4 is 6.21 Å². The first-order valence-corrected chi connectivity index (χ1v) is 4.54. The minimum atomic E-state index is 0. The molecule has 0 aliphatic rings. The summed E-state index contributed by atoms with van der Waals surface area (Å²) in [6, 6.07) is 3.65. The molecule has 1 aromatic rings. The predicted octanol–water partition coefficient (Wildman–Crippen LogP) is -2.22. The van der Waals surface area contributed by atoms with Gasteiger partial charge >= 0.3 is 0 Å². The molecule has 16 heavy (non-hydrogen) atoms. The predicted molar refractivity (Wildman–Crippen MR) is 55.4 cm³/mol. The third-order valence-corrected chi connectivity index (χ3v) is 1.75. The van der Waals surface area contributed by atoms with Gasteiger partial charge in [-0.05, 0) is 0 Å². The molecule has 1 N–H and O–H groups in total. The molecule has 0 spiro atoms. The van der Waals surface area contributed by atoms with Gasteiger partial charge in [0.15, 0.2) is 12.4 Å². The summed E-state index contributed by atoms with van der Waals surface area (Å²) in [5.41, 5.74) is 0.831. The van der Waals surface area contributed by atoms with Crippen LogP contribution in [0, 0.1) is 12.3 Å². The molecule has 5 heteroatoms. The zero-order chi connectivity index (χ0) is 10.9. The molecule has 0 fully saturated rings. The molecule has 1 aromatic heterocycles. The van der Waals surface area contributed by atoms with Gasteiger partial charge < -0.3 is 22.4 Å². The Kier molecular flexibility index (Phi) is 7.86. The third kappa shape index (κ3) is 5.35. The van der Waals surface area contributed by atoms with Crippen LogP contribution in [0.15, 0.2) is 29.7 Å². The lowest BCUT2D eigenvalue weighted by molar-refractivity contribution is -0.732. The summed E-state index contributed by atoms with van der Waals surface area (Å²) >= 11 is 0. The second-order valence-corrected chi connectivity index (χ2v) is 2.88. The van der Waals surface area contributed by atoms with Crippen LogP contribution in [0.3, 0.4) is 0 Å². The quantitative estimate of drug-likeness (QED) is 0.158. The Bertz CT molecular complexity index is 357. The number of terminal acetylenes is 1. The molecule has 0 bridgehead atoms. The largest absolute Gasteiger partial charge is 1.00 e. The topological polar surface area (TPSA) is 45.7 Å². The molecule has 0 amide bonds. The SMILES string of the molecule is C#CCCOC[n+]1ccc(/C=N\O)cc1.[Cl-]. The van der Waals surface area contributed by atoms with E-state index in [4.69, 9.17) is 16.4 Å². The van der Waals surface area contributed by atoms with Gasteiger partial charge in [0.25, 0.3) is 6.73 Å². The van der Waals surface area contributed by atoms with Crippen LogP contribution in [0.4, 0.5) is 0 Å². The van der Waals surface area contributed by atoms with Crippen LogP contribution in [0.2, 0.25) is 0 Å². The van der Waals surface area contributed by atoms with Crippen molar-refractivity contribution in [2.45, 2.75) is 13.2 Å². The lowest BCUT2D eigenvalue weighted by atomic mass is 10.3. The van der Waals surface area contributed by atoms with Crippen LogP contribution in [0.1, 0.15) is 12.0 Å². The fourth-order valence-corrected chi connectivity index (χ4v) is 1.01. The van der Waals surface area contributed by atoms with Crippen LogP contribution < -0.4 is 17.0 Å². The van der Waals surface area contributed by atoms with E-state index in [2.05, 4.69) is 11.1 Å². The van der Waals surface area contributed by atoms with E-state index in [1.54, 1.807) is 0 Å². The number of hydrogen-bond donors (Lipinski definition) is 1. The van der Waals surface area contributed by atoms with Crippen molar-refractivity contribution in [1.29, 1.82) is 0 Å². The number of oxime groups is 1. The van der Waals surface area contributed by atoms with E-state index in [-0.39, 0.29) is 12.4 Å². The van der Waals surface area contributed by atoms with Crippen molar-refractivity contribution < 1.29 is 26.9 Å². The molecule has 4 nitrogen and oxygen atoms in total. The smallest absolute Gasteiger partial charge is 0.252 e. The van der Waals surface area contributed by atoms with Gasteiger partial charge in [-0.3, -0.25) is 0 Å². The average molecular weight is 241 g/mol. The van der Waals surface area contributed by atoms with Gasteiger partial charge in [0.05, 0.1) is 12.8 Å². The lowest BCUT2D eigenvalue weighted by Crippen LogP contribution is -3.00. The molecule has 86 valence electrons. The first kappa shape index (κ1) is 14.4. The van der Waals surface area contributed by atoms with Gasteiger partial charge in [0.1, 0.15) is 0 Å². The Hall–Kier alpha value is -1.57. The van der Waals surface area contributed by atoms with Crippen molar-refractivity contribution in [1.82, 2.24) is 0 Å². The van der Waals surface area contributed by atoms with Crippen molar-refractivity contribution in [3.05, 3.63) is 30.1 Å². The minimum absolute atomic E-state index is 0. The standard InChI is InChI=1S/C11H12N2O2.ClH/c1-2-3-8-15-10-13-6-4-11(5-7-13)9-12-14;/h1,4-7,9H,3,8,10H2;1H. The second kappa shape index (κ2) is 8.72. The van der Waals surface area contributed by atoms with Crippen LogP contribution in [0.5, 0.6) is 0 Å². The van der Waals surface area contributed by atoms with E-state index < -0.39 is 0 Å². The van der Waals surface area contributed by atoms with Crippen LogP contribution in [-0.4, -0.2) is 18.0 Å². The van der Waals surface area contributed by atoms with Gasteiger partial charge in [-0.15, -0.1) is 12.3 Å². The van der Waals surface area contributed by atoms with E-state index in [0.29, 0.717) is 19.8 Å². The number of ether oxygens (including phenoxy) is 1. The molecule has 0 saturated heterocycles. The van der Waals surface area contributed by atoms with Crippen LogP contribution in [-0.2, 0) is 11.5 Å². The highest BCUT2D eigenvalue weighted by atomic mass is 35.5. The Labute approximate surface area is 101 Å². The fourth-order valence-electron chi connectivity index (χ4n) is 1.01. The maximum atomic E-state index is 8.31. The van der Waals surface area contributed by atoms with E-state index in [1.807, 2.05) is 29.1 Å².